The molecule has 0 fully saturated rings. The van der Waals surface area contributed by atoms with Crippen LogP contribution in [0.15, 0.2) is 6.33 Å². The predicted molar refractivity (Wildman–Crippen MR) is 92.0 cm³/mol. The molecule has 1 amide bonds. The van der Waals surface area contributed by atoms with Crippen molar-refractivity contribution in [1.29, 1.82) is 5.26 Å². The molecule has 1 aliphatic rings. The molecule has 0 radical (unpaired) electrons. The minimum atomic E-state index is -0.158. The fraction of sp³-hybridized carbons (Fsp3) is 0.529. The largest absolute Gasteiger partial charge is 0.467 e. The molecule has 0 bridgehead atoms. The number of likely N-dealkylation sites (N-methyl/N-ethyl adjacent to an activating group) is 1. The van der Waals surface area contributed by atoms with Crippen LogP contribution in [-0.4, -0.2) is 41.0 Å². The van der Waals surface area contributed by atoms with E-state index in [2.05, 4.69) is 16.9 Å². The molecule has 1 aliphatic carbocycles. The van der Waals surface area contributed by atoms with E-state index in [1.54, 1.807) is 18.4 Å². The summed E-state index contributed by atoms with van der Waals surface area (Å²) in [5.41, 5.74) is 1.29. The van der Waals surface area contributed by atoms with E-state index in [0.29, 0.717) is 24.8 Å². The highest BCUT2D eigenvalue weighted by atomic mass is 32.1. The topological polar surface area (TPSA) is 79.1 Å². The second kappa shape index (κ2) is 7.14. The highest BCUT2D eigenvalue weighted by molar-refractivity contribution is 7.18. The molecule has 24 heavy (non-hydrogen) atoms. The first kappa shape index (κ1) is 16.7. The fourth-order valence-electron chi connectivity index (χ4n) is 2.94. The Bertz CT molecular complexity index is 796. The molecule has 0 spiro atoms. The number of hydrogen-bond donors (Lipinski definition) is 0. The molecule has 0 aromatic carbocycles. The molecule has 0 aliphatic heterocycles. The van der Waals surface area contributed by atoms with Gasteiger partial charge in [-0.05, 0) is 30.7 Å². The van der Waals surface area contributed by atoms with Crippen LogP contribution in [0, 0.1) is 17.2 Å². The number of carbonyl (C=O) groups is 1. The van der Waals surface area contributed by atoms with Crippen LogP contribution < -0.4 is 4.74 Å². The van der Waals surface area contributed by atoms with Crippen LogP contribution >= 0.6 is 11.3 Å². The molecule has 126 valence electrons. The van der Waals surface area contributed by atoms with E-state index in [0.717, 1.165) is 29.5 Å². The Balaban J connectivity index is 1.78. The fourth-order valence-corrected chi connectivity index (χ4v) is 4.28. The van der Waals surface area contributed by atoms with Gasteiger partial charge in [-0.2, -0.15) is 5.26 Å². The van der Waals surface area contributed by atoms with Crippen LogP contribution in [-0.2, 0) is 17.6 Å². The van der Waals surface area contributed by atoms with Gasteiger partial charge in [-0.25, -0.2) is 9.97 Å². The molecule has 2 aromatic heterocycles. The molecule has 6 nitrogen and oxygen atoms in total. The van der Waals surface area contributed by atoms with Crippen LogP contribution in [0.25, 0.3) is 10.2 Å². The third kappa shape index (κ3) is 3.34. The quantitative estimate of drug-likeness (QED) is 0.833. The summed E-state index contributed by atoms with van der Waals surface area (Å²) in [6, 6.07) is 2.03. The summed E-state index contributed by atoms with van der Waals surface area (Å²) < 4.78 is 5.71. The molecule has 2 aromatic rings. The van der Waals surface area contributed by atoms with Gasteiger partial charge in [0.05, 0.1) is 17.9 Å². The number of hydrogen-bond acceptors (Lipinski definition) is 6. The summed E-state index contributed by atoms with van der Waals surface area (Å²) in [6.07, 6.45) is 5.05. The minimum Gasteiger partial charge on any atom is -0.467 e. The summed E-state index contributed by atoms with van der Waals surface area (Å²) in [4.78, 5) is 24.5. The van der Waals surface area contributed by atoms with Crippen molar-refractivity contribution in [2.75, 3.05) is 20.2 Å². The lowest BCUT2D eigenvalue weighted by molar-refractivity contribution is -0.132. The summed E-state index contributed by atoms with van der Waals surface area (Å²) in [7, 11) is 1.67. The third-order valence-corrected chi connectivity index (χ3v) is 5.54. The molecule has 3 rings (SSSR count). The maximum atomic E-state index is 12.1. The molecule has 0 saturated heterocycles. The number of carbonyl (C=O) groups excluding carboxylic acids is 1. The van der Waals surface area contributed by atoms with Gasteiger partial charge >= 0.3 is 0 Å². The van der Waals surface area contributed by atoms with Gasteiger partial charge in [0, 0.05) is 18.5 Å². The zero-order chi connectivity index (χ0) is 17.1. The summed E-state index contributed by atoms with van der Waals surface area (Å²) in [5.74, 6) is 1.03. The molecule has 0 unspecified atom stereocenters. The van der Waals surface area contributed by atoms with Crippen LogP contribution in [0.2, 0.25) is 0 Å². The highest BCUT2D eigenvalue weighted by Gasteiger charge is 2.24. The zero-order valence-corrected chi connectivity index (χ0v) is 14.7. The third-order valence-electron chi connectivity index (χ3n) is 4.37. The van der Waals surface area contributed by atoms with E-state index in [9.17, 15) is 4.79 Å². The zero-order valence-electron chi connectivity index (χ0n) is 13.9. The monoisotopic (exact) mass is 344 g/mol. The second-order valence-corrected chi connectivity index (χ2v) is 7.31. The molecular weight excluding hydrogens is 324 g/mol. The van der Waals surface area contributed by atoms with Gasteiger partial charge < -0.3 is 9.64 Å². The number of nitriles is 1. The number of nitrogens with zero attached hydrogens (tertiary/aromatic N) is 4. The van der Waals surface area contributed by atoms with E-state index in [4.69, 9.17) is 10.00 Å². The Hall–Kier alpha value is -2.20. The van der Waals surface area contributed by atoms with Gasteiger partial charge in [0.1, 0.15) is 11.2 Å². The Morgan fingerprint density at radius 2 is 2.38 bits per heavy atom. The molecular formula is C17H20N4O2S. The summed E-state index contributed by atoms with van der Waals surface area (Å²) in [6.45, 7) is 2.60. The first-order valence-electron chi connectivity index (χ1n) is 8.09. The van der Waals surface area contributed by atoms with Crippen molar-refractivity contribution in [3.63, 3.8) is 0 Å². The summed E-state index contributed by atoms with van der Waals surface area (Å²) in [5, 5.41) is 9.57. The number of fused-ring (bicyclic) bond motifs is 3. The maximum absolute atomic E-state index is 12.1. The van der Waals surface area contributed by atoms with E-state index in [1.807, 2.05) is 6.07 Å². The minimum absolute atomic E-state index is 0.0743. The first-order valence-corrected chi connectivity index (χ1v) is 8.90. The van der Waals surface area contributed by atoms with Gasteiger partial charge in [0.2, 0.25) is 5.88 Å². The predicted octanol–water partition coefficient (Wildman–Crippen LogP) is 2.57. The second-order valence-electron chi connectivity index (χ2n) is 6.22. The van der Waals surface area contributed by atoms with Crippen LogP contribution in [0.4, 0.5) is 0 Å². The molecule has 0 saturated carbocycles. The van der Waals surface area contributed by atoms with E-state index in [-0.39, 0.29) is 12.5 Å². The molecule has 1 atom stereocenters. The van der Waals surface area contributed by atoms with Crippen LogP contribution in [0.1, 0.15) is 30.2 Å². The van der Waals surface area contributed by atoms with Crippen molar-refractivity contribution < 1.29 is 9.53 Å². The van der Waals surface area contributed by atoms with E-state index < -0.39 is 0 Å². The van der Waals surface area contributed by atoms with Crippen molar-refractivity contribution in [2.45, 2.75) is 32.6 Å². The SMILES string of the molecule is C[C@@H]1CCc2c(sc3ncnc(OCC(=O)N(C)CCC#N)c23)C1. The highest BCUT2D eigenvalue weighted by Crippen LogP contribution is 2.40. The van der Waals surface area contributed by atoms with Gasteiger partial charge in [0.25, 0.3) is 5.91 Å². The number of thiophene rings is 1. The van der Waals surface area contributed by atoms with Crippen molar-refractivity contribution in [1.82, 2.24) is 14.9 Å². The Morgan fingerprint density at radius 3 is 3.17 bits per heavy atom. The lowest BCUT2D eigenvalue weighted by Gasteiger charge is -2.18. The van der Waals surface area contributed by atoms with Gasteiger partial charge in [-0.15, -0.1) is 11.3 Å². The van der Waals surface area contributed by atoms with Crippen molar-refractivity contribution in [2.24, 2.45) is 5.92 Å². The smallest absolute Gasteiger partial charge is 0.260 e. The number of aromatic nitrogens is 2. The van der Waals surface area contributed by atoms with Crippen molar-refractivity contribution in [3.8, 4) is 11.9 Å². The first-order chi connectivity index (χ1) is 11.6. The Labute approximate surface area is 145 Å². The lowest BCUT2D eigenvalue weighted by atomic mass is 9.89. The number of rotatable bonds is 5. The van der Waals surface area contributed by atoms with Gasteiger partial charge in [-0.1, -0.05) is 6.92 Å². The standard InChI is InChI=1S/C17H20N4O2S/c1-11-4-5-12-13(8-11)24-17-15(12)16(19-10-20-17)23-9-14(22)21(2)7-3-6-18/h10-11H,3-5,7-9H2,1-2H3/t11-/m1/s1. The van der Waals surface area contributed by atoms with Gasteiger partial charge in [-0.3, -0.25) is 4.79 Å². The van der Waals surface area contributed by atoms with Crippen LogP contribution in [0.5, 0.6) is 5.88 Å². The maximum Gasteiger partial charge on any atom is 0.260 e. The molecule has 7 heteroatoms. The van der Waals surface area contributed by atoms with Crippen molar-refractivity contribution in [3.05, 3.63) is 16.8 Å². The van der Waals surface area contributed by atoms with Crippen molar-refractivity contribution >= 4 is 27.5 Å². The Kier molecular flexibility index (Phi) is 4.95. The molecule has 0 N–H and O–H groups in total. The number of amides is 1. The van der Waals surface area contributed by atoms with E-state index >= 15 is 0 Å². The molecule has 2 heterocycles. The van der Waals surface area contributed by atoms with Gasteiger partial charge in [0.15, 0.2) is 6.61 Å². The number of aryl methyl sites for hydroxylation is 1. The van der Waals surface area contributed by atoms with E-state index in [1.165, 1.54) is 21.7 Å². The summed E-state index contributed by atoms with van der Waals surface area (Å²) >= 11 is 1.71. The van der Waals surface area contributed by atoms with Crippen LogP contribution in [0.3, 0.4) is 0 Å². The average Bonchev–Trinajstić information content (AvgIpc) is 2.95. The Morgan fingerprint density at radius 1 is 1.54 bits per heavy atom. The lowest BCUT2D eigenvalue weighted by Crippen LogP contribution is -2.32. The normalized spacial score (nSPS) is 16.5. The average molecular weight is 344 g/mol. The number of ether oxygens (including phenoxy) is 1.